The summed E-state index contributed by atoms with van der Waals surface area (Å²) in [7, 11) is 1.99. The van der Waals surface area contributed by atoms with Crippen LogP contribution in [-0.2, 0) is 20.0 Å². The van der Waals surface area contributed by atoms with Gasteiger partial charge in [0, 0.05) is 19.6 Å². The molecule has 158 valence electrons. The summed E-state index contributed by atoms with van der Waals surface area (Å²) in [5.41, 5.74) is 2.80. The first-order valence-corrected chi connectivity index (χ1v) is 11.0. The number of nitrogens with one attached hydrogen (secondary N) is 2. The summed E-state index contributed by atoms with van der Waals surface area (Å²) in [4.78, 5) is 4.78. The molecule has 1 aliphatic carbocycles. The van der Waals surface area contributed by atoms with Crippen LogP contribution < -0.4 is 10.6 Å². The average molecular weight is 397 g/mol. The number of nitrogens with zero attached hydrogens (tertiary/aromatic N) is 4. The van der Waals surface area contributed by atoms with Gasteiger partial charge in [-0.2, -0.15) is 0 Å². The van der Waals surface area contributed by atoms with Crippen molar-refractivity contribution < 1.29 is 0 Å². The van der Waals surface area contributed by atoms with Crippen molar-refractivity contribution in [3.05, 3.63) is 47.0 Å². The van der Waals surface area contributed by atoms with Crippen LogP contribution >= 0.6 is 0 Å². The maximum atomic E-state index is 4.78. The molecule has 0 atom stereocenters. The van der Waals surface area contributed by atoms with Crippen LogP contribution in [0.5, 0.6) is 0 Å². The van der Waals surface area contributed by atoms with Crippen molar-refractivity contribution in [2.45, 2.75) is 77.8 Å². The van der Waals surface area contributed by atoms with Crippen LogP contribution in [0.3, 0.4) is 0 Å². The number of guanidine groups is 1. The minimum atomic E-state index is 0.533. The van der Waals surface area contributed by atoms with Gasteiger partial charge in [0.05, 0.1) is 0 Å². The zero-order valence-electron chi connectivity index (χ0n) is 18.4. The van der Waals surface area contributed by atoms with Gasteiger partial charge in [-0.3, -0.25) is 0 Å². The van der Waals surface area contributed by atoms with E-state index >= 15 is 0 Å². The van der Waals surface area contributed by atoms with Gasteiger partial charge in [-0.15, -0.1) is 10.2 Å². The van der Waals surface area contributed by atoms with Crippen LogP contribution in [-0.4, -0.2) is 33.3 Å². The van der Waals surface area contributed by atoms with Crippen molar-refractivity contribution >= 4 is 5.96 Å². The van der Waals surface area contributed by atoms with Crippen molar-refractivity contribution in [3.8, 4) is 0 Å². The molecule has 0 unspecified atom stereocenters. The lowest BCUT2D eigenvalue weighted by molar-refractivity contribution is 0.607. The van der Waals surface area contributed by atoms with E-state index in [0.29, 0.717) is 18.5 Å². The summed E-state index contributed by atoms with van der Waals surface area (Å²) in [6.45, 7) is 7.88. The van der Waals surface area contributed by atoms with Crippen molar-refractivity contribution in [2.75, 3.05) is 6.54 Å². The number of aromatic nitrogens is 3. The number of rotatable bonds is 8. The molecule has 6 heteroatoms. The van der Waals surface area contributed by atoms with E-state index in [1.54, 1.807) is 0 Å². The zero-order valence-corrected chi connectivity index (χ0v) is 18.4. The van der Waals surface area contributed by atoms with E-state index in [1.165, 1.54) is 36.8 Å². The smallest absolute Gasteiger partial charge is 0.191 e. The monoisotopic (exact) mass is 396 g/mol. The van der Waals surface area contributed by atoms with E-state index in [2.05, 4.69) is 58.9 Å². The van der Waals surface area contributed by atoms with Crippen LogP contribution in [0.4, 0.5) is 0 Å². The third-order valence-corrected chi connectivity index (χ3v) is 5.84. The Hall–Kier alpha value is -2.37. The second-order valence-electron chi connectivity index (χ2n) is 8.44. The Kier molecular flexibility index (Phi) is 7.67. The van der Waals surface area contributed by atoms with E-state index < -0.39 is 0 Å². The summed E-state index contributed by atoms with van der Waals surface area (Å²) in [5, 5.41) is 15.5. The lowest BCUT2D eigenvalue weighted by Crippen LogP contribution is -2.42. The van der Waals surface area contributed by atoms with Crippen LogP contribution in [0, 0.1) is 6.92 Å². The molecule has 0 amide bonds. The molecule has 0 spiro atoms. The number of benzene rings is 1. The first kappa shape index (κ1) is 21.3. The zero-order chi connectivity index (χ0) is 20.6. The fourth-order valence-corrected chi connectivity index (χ4v) is 3.72. The fraction of sp³-hybridized carbons (Fsp3) is 0.609. The highest BCUT2D eigenvalue weighted by Gasteiger charge is 2.16. The Morgan fingerprint density at radius 1 is 1.17 bits per heavy atom. The minimum Gasteiger partial charge on any atom is -0.356 e. The third kappa shape index (κ3) is 6.31. The van der Waals surface area contributed by atoms with Crippen molar-refractivity contribution in [2.24, 2.45) is 12.0 Å². The second kappa shape index (κ2) is 10.4. The molecule has 1 aliphatic rings. The number of aryl methyl sites for hydroxylation is 2. The number of hydrogen-bond donors (Lipinski definition) is 2. The predicted octanol–water partition coefficient (Wildman–Crippen LogP) is 3.86. The summed E-state index contributed by atoms with van der Waals surface area (Å²) in [5.74, 6) is 3.29. The Morgan fingerprint density at radius 3 is 2.52 bits per heavy atom. The number of aliphatic imine (C=N–C) groups is 1. The van der Waals surface area contributed by atoms with E-state index in [4.69, 9.17) is 4.99 Å². The highest BCUT2D eigenvalue weighted by Crippen LogP contribution is 2.17. The molecule has 6 nitrogen and oxygen atoms in total. The van der Waals surface area contributed by atoms with E-state index in [-0.39, 0.29) is 0 Å². The minimum absolute atomic E-state index is 0.533. The standard InChI is InChI=1S/C23H36N6/c1-17(2)20-13-11-19(12-14-20)8-7-15-24-23(26-21-9-5-6-10-21)25-16-22-28-27-18(3)29(22)4/h11-14,17,21H,5-10,15-16H2,1-4H3,(H2,24,25,26). The van der Waals surface area contributed by atoms with Gasteiger partial charge in [0.25, 0.3) is 0 Å². The molecular weight excluding hydrogens is 360 g/mol. The van der Waals surface area contributed by atoms with E-state index in [1.807, 2.05) is 18.5 Å². The first-order valence-electron chi connectivity index (χ1n) is 11.0. The van der Waals surface area contributed by atoms with Crippen LogP contribution in [0.1, 0.15) is 74.6 Å². The van der Waals surface area contributed by atoms with E-state index in [0.717, 1.165) is 37.0 Å². The van der Waals surface area contributed by atoms with Crippen molar-refractivity contribution in [1.82, 2.24) is 25.4 Å². The highest BCUT2D eigenvalue weighted by molar-refractivity contribution is 5.80. The molecule has 0 bridgehead atoms. The summed E-state index contributed by atoms with van der Waals surface area (Å²) < 4.78 is 2.00. The lowest BCUT2D eigenvalue weighted by atomic mass is 10.0. The molecule has 1 aromatic carbocycles. The van der Waals surface area contributed by atoms with Crippen molar-refractivity contribution in [3.63, 3.8) is 0 Å². The molecule has 1 aromatic heterocycles. The second-order valence-corrected chi connectivity index (χ2v) is 8.44. The van der Waals surface area contributed by atoms with Gasteiger partial charge in [0.1, 0.15) is 12.4 Å². The summed E-state index contributed by atoms with van der Waals surface area (Å²) in [6, 6.07) is 9.57. The Balaban J connectivity index is 1.52. The average Bonchev–Trinajstić information content (AvgIpc) is 3.34. The third-order valence-electron chi connectivity index (χ3n) is 5.84. The first-order chi connectivity index (χ1) is 14.0. The van der Waals surface area contributed by atoms with Crippen LogP contribution in [0.15, 0.2) is 29.3 Å². The van der Waals surface area contributed by atoms with Gasteiger partial charge in [-0.25, -0.2) is 4.99 Å². The molecule has 1 heterocycles. The molecule has 3 rings (SSSR count). The summed E-state index contributed by atoms with van der Waals surface area (Å²) in [6.07, 6.45) is 7.22. The highest BCUT2D eigenvalue weighted by atomic mass is 15.3. The molecule has 0 aliphatic heterocycles. The maximum absolute atomic E-state index is 4.78. The topological polar surface area (TPSA) is 67.1 Å². The van der Waals surface area contributed by atoms with Gasteiger partial charge >= 0.3 is 0 Å². The SMILES string of the molecule is Cc1nnc(CN=C(NCCCc2ccc(C(C)C)cc2)NC2CCCC2)n1C. The quantitative estimate of drug-likeness (QED) is 0.404. The Labute approximate surface area is 175 Å². The largest absolute Gasteiger partial charge is 0.356 e. The van der Waals surface area contributed by atoms with Gasteiger partial charge < -0.3 is 15.2 Å². The van der Waals surface area contributed by atoms with Gasteiger partial charge in [-0.05, 0) is 49.7 Å². The molecule has 2 aromatic rings. The van der Waals surface area contributed by atoms with Gasteiger partial charge in [0.2, 0.25) is 0 Å². The Bertz CT molecular complexity index is 784. The molecule has 0 saturated heterocycles. The van der Waals surface area contributed by atoms with Gasteiger partial charge in [0.15, 0.2) is 11.8 Å². The molecule has 1 fully saturated rings. The number of hydrogen-bond acceptors (Lipinski definition) is 3. The molecular formula is C23H36N6. The Morgan fingerprint density at radius 2 is 1.90 bits per heavy atom. The normalized spacial score (nSPS) is 15.3. The van der Waals surface area contributed by atoms with E-state index in [9.17, 15) is 0 Å². The summed E-state index contributed by atoms with van der Waals surface area (Å²) >= 11 is 0. The van der Waals surface area contributed by atoms with Crippen molar-refractivity contribution in [1.29, 1.82) is 0 Å². The molecule has 2 N–H and O–H groups in total. The van der Waals surface area contributed by atoms with Crippen LogP contribution in [0.25, 0.3) is 0 Å². The molecule has 0 radical (unpaired) electrons. The van der Waals surface area contributed by atoms with Gasteiger partial charge in [-0.1, -0.05) is 51.0 Å². The van der Waals surface area contributed by atoms with Crippen LogP contribution in [0.2, 0.25) is 0 Å². The fourth-order valence-electron chi connectivity index (χ4n) is 3.72. The molecule has 29 heavy (non-hydrogen) atoms. The lowest BCUT2D eigenvalue weighted by Gasteiger charge is -2.17. The maximum Gasteiger partial charge on any atom is 0.191 e. The molecule has 1 saturated carbocycles. The predicted molar refractivity (Wildman–Crippen MR) is 119 cm³/mol.